The third kappa shape index (κ3) is 4.32. The lowest BCUT2D eigenvalue weighted by Crippen LogP contribution is -2.45. The van der Waals surface area contributed by atoms with Crippen LogP contribution in [0.1, 0.15) is 26.7 Å². The van der Waals surface area contributed by atoms with E-state index >= 15 is 0 Å². The highest BCUT2D eigenvalue weighted by atomic mass is 19.1. The summed E-state index contributed by atoms with van der Waals surface area (Å²) in [6.45, 7) is 5.46. The van der Waals surface area contributed by atoms with Gasteiger partial charge in [-0.15, -0.1) is 0 Å². The summed E-state index contributed by atoms with van der Waals surface area (Å²) in [6.07, 6.45) is 3.55. The molecule has 2 heterocycles. The van der Waals surface area contributed by atoms with E-state index < -0.39 is 0 Å². The van der Waals surface area contributed by atoms with Crippen molar-refractivity contribution in [2.24, 2.45) is 5.92 Å². The monoisotopic (exact) mass is 342 g/mol. The van der Waals surface area contributed by atoms with Crippen molar-refractivity contribution < 1.29 is 9.18 Å². The van der Waals surface area contributed by atoms with Crippen LogP contribution in [0.2, 0.25) is 0 Å². The zero-order chi connectivity index (χ0) is 17.8. The Hall–Kier alpha value is -2.50. The molecule has 2 aromatic rings. The SMILES string of the molecule is CC(C)NC(=O)[C@H]1CCCN(c2ccnc(-c3ccc(F)cc3)n2)C1. The van der Waals surface area contributed by atoms with E-state index in [-0.39, 0.29) is 23.7 Å². The number of halogens is 1. The van der Waals surface area contributed by atoms with Crippen molar-refractivity contribution in [3.63, 3.8) is 0 Å². The Labute approximate surface area is 147 Å². The Balaban J connectivity index is 1.76. The molecule has 1 aromatic carbocycles. The van der Waals surface area contributed by atoms with Gasteiger partial charge in [0, 0.05) is 30.9 Å². The summed E-state index contributed by atoms with van der Waals surface area (Å²) in [5.74, 6) is 1.16. The second-order valence-electron chi connectivity index (χ2n) is 6.69. The highest BCUT2D eigenvalue weighted by Gasteiger charge is 2.27. The topological polar surface area (TPSA) is 58.1 Å². The molecule has 5 nitrogen and oxygen atoms in total. The van der Waals surface area contributed by atoms with E-state index in [0.29, 0.717) is 12.4 Å². The largest absolute Gasteiger partial charge is 0.356 e. The summed E-state index contributed by atoms with van der Waals surface area (Å²) >= 11 is 0. The molecule has 0 radical (unpaired) electrons. The van der Waals surface area contributed by atoms with Gasteiger partial charge in [-0.1, -0.05) is 0 Å². The summed E-state index contributed by atoms with van der Waals surface area (Å²) in [4.78, 5) is 23.3. The number of amides is 1. The van der Waals surface area contributed by atoms with Crippen LogP contribution in [0.5, 0.6) is 0 Å². The fourth-order valence-electron chi connectivity index (χ4n) is 3.06. The minimum absolute atomic E-state index is 0.0274. The third-order valence-corrected chi connectivity index (χ3v) is 4.29. The molecule has 3 rings (SSSR count). The first kappa shape index (κ1) is 17.3. The van der Waals surface area contributed by atoms with Crippen molar-refractivity contribution in [3.05, 3.63) is 42.3 Å². The number of hydrogen-bond acceptors (Lipinski definition) is 4. The van der Waals surface area contributed by atoms with Crippen molar-refractivity contribution in [1.82, 2.24) is 15.3 Å². The number of piperidine rings is 1. The van der Waals surface area contributed by atoms with Gasteiger partial charge in [0.05, 0.1) is 5.92 Å². The molecule has 25 heavy (non-hydrogen) atoms. The first-order valence-electron chi connectivity index (χ1n) is 8.67. The Morgan fingerprint density at radius 1 is 1.28 bits per heavy atom. The van der Waals surface area contributed by atoms with Crippen molar-refractivity contribution in [2.75, 3.05) is 18.0 Å². The van der Waals surface area contributed by atoms with Gasteiger partial charge in [0.2, 0.25) is 5.91 Å². The number of aromatic nitrogens is 2. The molecule has 0 spiro atoms. The summed E-state index contributed by atoms with van der Waals surface area (Å²) in [7, 11) is 0. The van der Waals surface area contributed by atoms with E-state index in [1.807, 2.05) is 19.9 Å². The van der Waals surface area contributed by atoms with E-state index in [1.165, 1.54) is 12.1 Å². The second kappa shape index (κ2) is 7.59. The molecule has 1 aliphatic rings. The Morgan fingerprint density at radius 3 is 2.76 bits per heavy atom. The van der Waals surface area contributed by atoms with Crippen LogP contribution in [0.25, 0.3) is 11.4 Å². The number of rotatable bonds is 4. The maximum absolute atomic E-state index is 13.1. The van der Waals surface area contributed by atoms with Crippen LogP contribution in [0.3, 0.4) is 0 Å². The summed E-state index contributed by atoms with van der Waals surface area (Å²) in [5.41, 5.74) is 0.773. The maximum Gasteiger partial charge on any atom is 0.225 e. The van der Waals surface area contributed by atoms with E-state index in [9.17, 15) is 9.18 Å². The first-order chi connectivity index (χ1) is 12.0. The number of benzene rings is 1. The molecule has 0 bridgehead atoms. The van der Waals surface area contributed by atoms with Crippen LogP contribution in [0.4, 0.5) is 10.2 Å². The van der Waals surface area contributed by atoms with Gasteiger partial charge >= 0.3 is 0 Å². The third-order valence-electron chi connectivity index (χ3n) is 4.29. The quantitative estimate of drug-likeness (QED) is 0.928. The Bertz CT molecular complexity index is 732. The predicted molar refractivity (Wildman–Crippen MR) is 95.6 cm³/mol. The molecule has 0 unspecified atom stereocenters. The molecule has 0 aliphatic carbocycles. The molecule has 6 heteroatoms. The van der Waals surface area contributed by atoms with Crippen LogP contribution in [0, 0.1) is 11.7 Å². The molecule has 1 aliphatic heterocycles. The van der Waals surface area contributed by atoms with Crippen LogP contribution >= 0.6 is 0 Å². The molecule has 0 saturated carbocycles. The standard InChI is InChI=1S/C19H23FN4O/c1-13(2)22-19(25)15-4-3-11-24(12-15)17-9-10-21-18(23-17)14-5-7-16(20)8-6-14/h5-10,13,15H,3-4,11-12H2,1-2H3,(H,22,25)/t15-/m0/s1. The van der Waals surface area contributed by atoms with Crippen molar-refractivity contribution in [3.8, 4) is 11.4 Å². The van der Waals surface area contributed by atoms with Gasteiger partial charge in [-0.3, -0.25) is 4.79 Å². The van der Waals surface area contributed by atoms with Crippen LogP contribution in [-0.4, -0.2) is 35.0 Å². The molecule has 1 amide bonds. The predicted octanol–water partition coefficient (Wildman–Crippen LogP) is 3.02. The van der Waals surface area contributed by atoms with Crippen molar-refractivity contribution in [2.45, 2.75) is 32.7 Å². The number of nitrogens with one attached hydrogen (secondary N) is 1. The molecule has 132 valence electrons. The molecule has 1 aromatic heterocycles. The van der Waals surface area contributed by atoms with Crippen LogP contribution < -0.4 is 10.2 Å². The fourth-order valence-corrected chi connectivity index (χ4v) is 3.06. The second-order valence-corrected chi connectivity index (χ2v) is 6.69. The molecular weight excluding hydrogens is 319 g/mol. The summed E-state index contributed by atoms with van der Waals surface area (Å²) in [6, 6.07) is 8.15. The van der Waals surface area contributed by atoms with E-state index in [0.717, 1.165) is 30.8 Å². The van der Waals surface area contributed by atoms with Crippen LogP contribution in [-0.2, 0) is 4.79 Å². The minimum Gasteiger partial charge on any atom is -0.356 e. The average molecular weight is 342 g/mol. The summed E-state index contributed by atoms with van der Waals surface area (Å²) in [5, 5.41) is 2.99. The lowest BCUT2D eigenvalue weighted by molar-refractivity contribution is -0.125. The van der Waals surface area contributed by atoms with Gasteiger partial charge in [0.25, 0.3) is 0 Å². The maximum atomic E-state index is 13.1. The highest BCUT2D eigenvalue weighted by molar-refractivity contribution is 5.79. The lowest BCUT2D eigenvalue weighted by atomic mass is 9.97. The number of carbonyl (C=O) groups excluding carboxylic acids is 1. The fraction of sp³-hybridized carbons (Fsp3) is 0.421. The van der Waals surface area contributed by atoms with E-state index in [2.05, 4.69) is 20.2 Å². The molecular formula is C19H23FN4O. The van der Waals surface area contributed by atoms with Gasteiger partial charge in [-0.05, 0) is 57.0 Å². The zero-order valence-corrected chi connectivity index (χ0v) is 14.6. The van der Waals surface area contributed by atoms with Gasteiger partial charge in [-0.25, -0.2) is 14.4 Å². The molecule has 1 fully saturated rings. The minimum atomic E-state index is -0.282. The number of anilines is 1. The first-order valence-corrected chi connectivity index (χ1v) is 8.67. The van der Waals surface area contributed by atoms with Crippen molar-refractivity contribution >= 4 is 11.7 Å². The van der Waals surface area contributed by atoms with E-state index in [1.54, 1.807) is 18.3 Å². The number of hydrogen-bond donors (Lipinski definition) is 1. The summed E-state index contributed by atoms with van der Waals surface area (Å²) < 4.78 is 13.1. The van der Waals surface area contributed by atoms with Crippen molar-refractivity contribution in [1.29, 1.82) is 0 Å². The molecule has 1 N–H and O–H groups in total. The van der Waals surface area contributed by atoms with E-state index in [4.69, 9.17) is 0 Å². The van der Waals surface area contributed by atoms with Crippen LogP contribution in [0.15, 0.2) is 36.5 Å². The Kier molecular flexibility index (Phi) is 5.26. The molecule has 1 atom stereocenters. The van der Waals surface area contributed by atoms with Gasteiger partial charge < -0.3 is 10.2 Å². The average Bonchev–Trinajstić information content (AvgIpc) is 2.62. The number of nitrogens with zero attached hydrogens (tertiary/aromatic N) is 3. The van der Waals surface area contributed by atoms with Gasteiger partial charge in [0.1, 0.15) is 11.6 Å². The highest BCUT2D eigenvalue weighted by Crippen LogP contribution is 2.24. The Morgan fingerprint density at radius 2 is 2.04 bits per heavy atom. The van der Waals surface area contributed by atoms with Gasteiger partial charge in [0.15, 0.2) is 5.82 Å². The smallest absolute Gasteiger partial charge is 0.225 e. The number of carbonyl (C=O) groups is 1. The molecule has 1 saturated heterocycles. The van der Waals surface area contributed by atoms with Gasteiger partial charge in [-0.2, -0.15) is 0 Å². The lowest BCUT2D eigenvalue weighted by Gasteiger charge is -2.33. The normalized spacial score (nSPS) is 17.6. The zero-order valence-electron chi connectivity index (χ0n) is 14.6.